The molecule has 4 saturated heterocycles. The number of hydrogen-bond donors (Lipinski definition) is 0. The smallest absolute Gasteiger partial charge is 0.0396 e. The minimum absolute atomic E-state index is 0.845. The highest BCUT2D eigenvalue weighted by Crippen LogP contribution is 2.32. The van der Waals surface area contributed by atoms with Gasteiger partial charge in [0.05, 0.1) is 0 Å². The summed E-state index contributed by atoms with van der Waals surface area (Å²) in [6, 6.07) is 9.66. The lowest BCUT2D eigenvalue weighted by Gasteiger charge is -2.48. The second-order valence-corrected chi connectivity index (χ2v) is 7.44. The molecule has 4 fully saturated rings. The van der Waals surface area contributed by atoms with E-state index in [1.54, 1.807) is 0 Å². The van der Waals surface area contributed by atoms with Gasteiger partial charge in [0, 0.05) is 44.5 Å². The summed E-state index contributed by atoms with van der Waals surface area (Å²) in [6.45, 7) is 11.1. The van der Waals surface area contributed by atoms with Crippen LogP contribution in [0.2, 0.25) is 0 Å². The molecule has 4 aliphatic heterocycles. The number of piperazine rings is 1. The van der Waals surface area contributed by atoms with Crippen molar-refractivity contribution in [1.82, 2.24) is 9.80 Å². The van der Waals surface area contributed by atoms with E-state index in [2.05, 4.69) is 45.9 Å². The normalized spacial score (nSPS) is 32.4. The second-order valence-electron chi connectivity index (χ2n) is 7.44. The quantitative estimate of drug-likeness (QED) is 0.849. The molecule has 0 spiro atoms. The van der Waals surface area contributed by atoms with Gasteiger partial charge >= 0.3 is 0 Å². The van der Waals surface area contributed by atoms with Crippen LogP contribution in [0.5, 0.6) is 0 Å². The molecule has 1 atom stereocenters. The maximum Gasteiger partial charge on any atom is 0.0396 e. The second kappa shape index (κ2) is 6.21. The van der Waals surface area contributed by atoms with Crippen LogP contribution in [0.3, 0.4) is 0 Å². The van der Waals surface area contributed by atoms with Gasteiger partial charge in [-0.25, -0.2) is 0 Å². The first kappa shape index (κ1) is 14.5. The molecule has 120 valence electrons. The van der Waals surface area contributed by atoms with E-state index in [1.807, 2.05) is 0 Å². The Morgan fingerprint density at radius 2 is 1.68 bits per heavy atom. The van der Waals surface area contributed by atoms with Crippen LogP contribution < -0.4 is 4.90 Å². The lowest BCUT2D eigenvalue weighted by atomic mass is 9.83. The lowest BCUT2D eigenvalue weighted by molar-refractivity contribution is 0.0273. The fraction of sp³-hybridized carbons (Fsp3) is 0.684. The van der Waals surface area contributed by atoms with Crippen molar-refractivity contribution in [2.45, 2.75) is 32.2 Å². The van der Waals surface area contributed by atoms with Crippen molar-refractivity contribution in [3.63, 3.8) is 0 Å². The summed E-state index contributed by atoms with van der Waals surface area (Å²) in [5.74, 6) is 1.03. The molecule has 3 heteroatoms. The van der Waals surface area contributed by atoms with Gasteiger partial charge in [-0.05, 0) is 56.8 Å². The molecular formula is C19H29N3. The summed E-state index contributed by atoms with van der Waals surface area (Å²) in [4.78, 5) is 8.03. The Balaban J connectivity index is 1.32. The number of aryl methyl sites for hydroxylation is 1. The van der Waals surface area contributed by atoms with E-state index in [-0.39, 0.29) is 0 Å². The van der Waals surface area contributed by atoms with Gasteiger partial charge in [0.25, 0.3) is 0 Å². The van der Waals surface area contributed by atoms with Crippen LogP contribution in [-0.2, 0) is 0 Å². The SMILES string of the molecule is Cc1ccccc1N1CCN(CC2CC3CCN2CC3)CC1. The molecule has 0 aliphatic carbocycles. The van der Waals surface area contributed by atoms with Gasteiger partial charge in [0.1, 0.15) is 0 Å². The van der Waals surface area contributed by atoms with Gasteiger partial charge in [-0.2, -0.15) is 0 Å². The van der Waals surface area contributed by atoms with E-state index in [9.17, 15) is 0 Å². The minimum atomic E-state index is 0.845. The molecule has 0 aromatic heterocycles. The summed E-state index contributed by atoms with van der Waals surface area (Å²) in [7, 11) is 0. The van der Waals surface area contributed by atoms with Crippen molar-refractivity contribution in [2.24, 2.45) is 5.92 Å². The van der Waals surface area contributed by atoms with Crippen LogP contribution in [0.15, 0.2) is 24.3 Å². The zero-order valence-electron chi connectivity index (χ0n) is 13.9. The summed E-state index contributed by atoms with van der Waals surface area (Å²) < 4.78 is 0. The van der Waals surface area contributed by atoms with Crippen LogP contribution in [0.1, 0.15) is 24.8 Å². The molecule has 0 N–H and O–H groups in total. The van der Waals surface area contributed by atoms with Gasteiger partial charge in [-0.3, -0.25) is 9.80 Å². The molecule has 0 radical (unpaired) electrons. The molecule has 1 aromatic rings. The first-order valence-corrected chi connectivity index (χ1v) is 9.06. The monoisotopic (exact) mass is 299 g/mol. The standard InChI is InChI=1S/C19H29N3/c1-16-4-2-3-5-19(16)22-12-10-20(11-13-22)15-18-14-17-6-8-21(18)9-7-17/h2-5,17-18H,6-15H2,1H3. The van der Waals surface area contributed by atoms with Crippen molar-refractivity contribution in [2.75, 3.05) is 50.7 Å². The summed E-state index contributed by atoms with van der Waals surface area (Å²) in [5.41, 5.74) is 2.84. The molecular weight excluding hydrogens is 270 g/mol. The third kappa shape index (κ3) is 2.89. The molecule has 1 aromatic carbocycles. The van der Waals surface area contributed by atoms with Crippen LogP contribution in [0.25, 0.3) is 0 Å². The highest BCUT2D eigenvalue weighted by atomic mass is 15.3. The number of piperidine rings is 3. The number of fused-ring (bicyclic) bond motifs is 3. The van der Waals surface area contributed by atoms with Gasteiger partial charge in [-0.1, -0.05) is 18.2 Å². The molecule has 0 amide bonds. The van der Waals surface area contributed by atoms with Gasteiger partial charge in [-0.15, -0.1) is 0 Å². The predicted molar refractivity (Wildman–Crippen MR) is 92.5 cm³/mol. The lowest BCUT2D eigenvalue weighted by Crippen LogP contribution is -2.56. The van der Waals surface area contributed by atoms with Crippen molar-refractivity contribution < 1.29 is 0 Å². The number of nitrogens with zero attached hydrogens (tertiary/aromatic N) is 3. The van der Waals surface area contributed by atoms with Crippen molar-refractivity contribution in [1.29, 1.82) is 0 Å². The van der Waals surface area contributed by atoms with E-state index in [1.165, 1.54) is 76.3 Å². The fourth-order valence-corrected chi connectivity index (χ4v) is 4.67. The van der Waals surface area contributed by atoms with E-state index in [0.717, 1.165) is 12.0 Å². The average molecular weight is 299 g/mol. The Morgan fingerprint density at radius 1 is 0.955 bits per heavy atom. The van der Waals surface area contributed by atoms with Gasteiger partial charge in [0.15, 0.2) is 0 Å². The number of benzene rings is 1. The Labute approximate surface area is 134 Å². The van der Waals surface area contributed by atoms with Crippen LogP contribution >= 0.6 is 0 Å². The van der Waals surface area contributed by atoms with Crippen LogP contribution in [-0.4, -0.2) is 61.7 Å². The Bertz CT molecular complexity index is 499. The van der Waals surface area contributed by atoms with E-state index in [4.69, 9.17) is 0 Å². The molecule has 3 nitrogen and oxygen atoms in total. The van der Waals surface area contributed by atoms with Gasteiger partial charge in [0.2, 0.25) is 0 Å². The number of rotatable bonds is 3. The number of para-hydroxylation sites is 1. The molecule has 0 saturated carbocycles. The zero-order chi connectivity index (χ0) is 14.9. The first-order chi connectivity index (χ1) is 10.8. The largest absolute Gasteiger partial charge is 0.369 e. The van der Waals surface area contributed by atoms with Gasteiger partial charge < -0.3 is 4.90 Å². The summed E-state index contributed by atoms with van der Waals surface area (Å²) >= 11 is 0. The average Bonchev–Trinajstić information content (AvgIpc) is 2.57. The highest BCUT2D eigenvalue weighted by Gasteiger charge is 2.34. The first-order valence-electron chi connectivity index (χ1n) is 9.06. The molecule has 4 heterocycles. The van der Waals surface area contributed by atoms with E-state index < -0.39 is 0 Å². The predicted octanol–water partition coefficient (Wildman–Crippen LogP) is 2.60. The molecule has 5 rings (SSSR count). The maximum absolute atomic E-state index is 2.76. The number of hydrogen-bond acceptors (Lipinski definition) is 3. The summed E-state index contributed by atoms with van der Waals surface area (Å²) in [5, 5.41) is 0. The molecule has 4 aliphatic rings. The third-order valence-corrected chi connectivity index (χ3v) is 6.07. The Morgan fingerprint density at radius 3 is 2.32 bits per heavy atom. The zero-order valence-corrected chi connectivity index (χ0v) is 13.9. The fourth-order valence-electron chi connectivity index (χ4n) is 4.67. The van der Waals surface area contributed by atoms with Crippen molar-refractivity contribution >= 4 is 5.69 Å². The minimum Gasteiger partial charge on any atom is -0.369 e. The number of anilines is 1. The van der Waals surface area contributed by atoms with E-state index in [0.29, 0.717) is 0 Å². The Hall–Kier alpha value is -1.06. The van der Waals surface area contributed by atoms with Crippen LogP contribution in [0.4, 0.5) is 5.69 Å². The molecule has 2 bridgehead atoms. The Kier molecular flexibility index (Phi) is 4.10. The highest BCUT2D eigenvalue weighted by molar-refractivity contribution is 5.53. The van der Waals surface area contributed by atoms with Crippen LogP contribution in [0, 0.1) is 12.8 Å². The molecule has 22 heavy (non-hydrogen) atoms. The maximum atomic E-state index is 2.76. The van der Waals surface area contributed by atoms with Crippen molar-refractivity contribution in [3.8, 4) is 0 Å². The topological polar surface area (TPSA) is 9.72 Å². The third-order valence-electron chi connectivity index (χ3n) is 6.07. The van der Waals surface area contributed by atoms with E-state index >= 15 is 0 Å². The van der Waals surface area contributed by atoms with Crippen molar-refractivity contribution in [3.05, 3.63) is 29.8 Å². The summed E-state index contributed by atoms with van der Waals surface area (Å²) in [6.07, 6.45) is 4.37. The molecule has 1 unspecified atom stereocenters.